The first kappa shape index (κ1) is 20.1. The fraction of sp³-hybridized carbons (Fsp3) is 0.130. The number of fused-ring (bicyclic) bond motifs is 1. The summed E-state index contributed by atoms with van der Waals surface area (Å²) in [5.41, 5.74) is 3.08. The number of carbonyl (C=O) groups excluding carboxylic acids is 1. The Bertz CT molecular complexity index is 1460. The number of methoxy groups -OCH3 is 1. The summed E-state index contributed by atoms with van der Waals surface area (Å²) in [7, 11) is 1.34. The third-order valence-electron chi connectivity index (χ3n) is 5.09. The van der Waals surface area contributed by atoms with Crippen molar-refractivity contribution >= 4 is 23.1 Å². The third-order valence-corrected chi connectivity index (χ3v) is 5.09. The molecule has 0 aliphatic carbocycles. The van der Waals surface area contributed by atoms with Crippen molar-refractivity contribution in [3.05, 3.63) is 98.0 Å². The van der Waals surface area contributed by atoms with Gasteiger partial charge in [0, 0.05) is 22.6 Å². The molecule has 31 heavy (non-hydrogen) atoms. The molecule has 0 saturated heterocycles. The Morgan fingerprint density at radius 2 is 1.84 bits per heavy atom. The smallest absolute Gasteiger partial charge is 0.349 e. The van der Waals surface area contributed by atoms with Crippen molar-refractivity contribution in [3.63, 3.8) is 0 Å². The number of para-hydroxylation sites is 1. The number of H-pyrrole nitrogens is 1. The van der Waals surface area contributed by atoms with Crippen LogP contribution in [0.25, 0.3) is 16.6 Å². The largest absolute Gasteiger partial charge is 0.465 e. The van der Waals surface area contributed by atoms with Gasteiger partial charge in [-0.2, -0.15) is 5.10 Å². The maximum absolute atomic E-state index is 12.7. The summed E-state index contributed by atoms with van der Waals surface area (Å²) in [5, 5.41) is 4.52. The summed E-state index contributed by atoms with van der Waals surface area (Å²) < 4.78 is 7.57. The Balaban J connectivity index is 1.77. The molecule has 8 heteroatoms. The lowest BCUT2D eigenvalue weighted by atomic mass is 10.2. The fourth-order valence-electron chi connectivity index (χ4n) is 3.58. The quantitative estimate of drug-likeness (QED) is 0.409. The minimum absolute atomic E-state index is 0.379. The monoisotopic (exact) mass is 416 g/mol. The van der Waals surface area contributed by atoms with Gasteiger partial charge in [-0.15, -0.1) is 4.68 Å². The van der Waals surface area contributed by atoms with Crippen LogP contribution in [0.1, 0.15) is 27.3 Å². The Morgan fingerprint density at radius 1 is 1.06 bits per heavy atom. The zero-order valence-electron chi connectivity index (χ0n) is 17.2. The van der Waals surface area contributed by atoms with Crippen molar-refractivity contribution < 1.29 is 9.53 Å². The number of carbonyl (C=O) groups is 1. The van der Waals surface area contributed by atoms with Crippen LogP contribution >= 0.6 is 0 Å². The lowest BCUT2D eigenvalue weighted by Crippen LogP contribution is -2.32. The van der Waals surface area contributed by atoms with Gasteiger partial charge in [-0.05, 0) is 50.2 Å². The molecular formula is C23H20N4O4. The van der Waals surface area contributed by atoms with E-state index < -0.39 is 17.2 Å². The van der Waals surface area contributed by atoms with E-state index >= 15 is 0 Å². The van der Waals surface area contributed by atoms with E-state index in [0.717, 1.165) is 27.3 Å². The average molecular weight is 416 g/mol. The van der Waals surface area contributed by atoms with Gasteiger partial charge >= 0.3 is 11.7 Å². The average Bonchev–Trinajstić information content (AvgIpc) is 3.06. The van der Waals surface area contributed by atoms with E-state index in [1.54, 1.807) is 42.5 Å². The molecule has 8 nitrogen and oxygen atoms in total. The minimum atomic E-state index is -0.612. The van der Waals surface area contributed by atoms with Crippen LogP contribution in [0.2, 0.25) is 0 Å². The number of esters is 1. The van der Waals surface area contributed by atoms with Crippen LogP contribution in [-0.2, 0) is 4.74 Å². The maximum Gasteiger partial charge on any atom is 0.349 e. The number of nitrogens with one attached hydrogen (secondary N) is 1. The van der Waals surface area contributed by atoms with Crippen LogP contribution in [0.5, 0.6) is 0 Å². The van der Waals surface area contributed by atoms with Crippen LogP contribution in [-0.4, -0.2) is 33.5 Å². The maximum atomic E-state index is 12.7. The van der Waals surface area contributed by atoms with E-state index in [9.17, 15) is 14.4 Å². The predicted molar refractivity (Wildman–Crippen MR) is 118 cm³/mol. The summed E-state index contributed by atoms with van der Waals surface area (Å²) in [6, 6.07) is 15.8. The van der Waals surface area contributed by atoms with E-state index in [4.69, 9.17) is 4.74 Å². The molecule has 0 saturated carbocycles. The number of benzene rings is 2. The van der Waals surface area contributed by atoms with Gasteiger partial charge in [-0.3, -0.25) is 4.79 Å². The van der Waals surface area contributed by atoms with Crippen LogP contribution in [0.3, 0.4) is 0 Å². The molecule has 1 N–H and O–H groups in total. The number of aryl methyl sites for hydroxylation is 1. The molecule has 0 amide bonds. The van der Waals surface area contributed by atoms with Crippen molar-refractivity contribution in [2.75, 3.05) is 7.11 Å². The SMILES string of the molecule is COC(=O)c1cccc(-n2c(C)cc(C=Nn3c(=O)[nH]c4ccccc4c3=O)c2C)c1. The van der Waals surface area contributed by atoms with Crippen molar-refractivity contribution in [2.24, 2.45) is 5.10 Å². The van der Waals surface area contributed by atoms with Crippen LogP contribution < -0.4 is 11.2 Å². The fourth-order valence-corrected chi connectivity index (χ4v) is 3.58. The molecule has 0 radical (unpaired) electrons. The first-order chi connectivity index (χ1) is 14.9. The molecule has 0 unspecified atom stereocenters. The van der Waals surface area contributed by atoms with Gasteiger partial charge in [-0.1, -0.05) is 18.2 Å². The van der Waals surface area contributed by atoms with Gasteiger partial charge in [0.15, 0.2) is 0 Å². The summed E-state index contributed by atoms with van der Waals surface area (Å²) in [6.45, 7) is 3.82. The number of nitrogens with zero attached hydrogens (tertiary/aromatic N) is 3. The van der Waals surface area contributed by atoms with Crippen LogP contribution in [0.4, 0.5) is 0 Å². The van der Waals surface area contributed by atoms with E-state index in [-0.39, 0.29) is 0 Å². The van der Waals surface area contributed by atoms with Crippen molar-refractivity contribution in [2.45, 2.75) is 13.8 Å². The zero-order valence-corrected chi connectivity index (χ0v) is 17.2. The first-order valence-corrected chi connectivity index (χ1v) is 9.57. The van der Waals surface area contributed by atoms with Crippen LogP contribution in [0.15, 0.2) is 69.3 Å². The Hall–Kier alpha value is -4.20. The second-order valence-corrected chi connectivity index (χ2v) is 7.04. The molecule has 0 atom stereocenters. The highest BCUT2D eigenvalue weighted by Gasteiger charge is 2.13. The first-order valence-electron chi connectivity index (χ1n) is 9.57. The van der Waals surface area contributed by atoms with E-state index in [1.165, 1.54) is 13.3 Å². The molecule has 2 aromatic heterocycles. The summed E-state index contributed by atoms with van der Waals surface area (Å²) in [6.07, 6.45) is 1.48. The lowest BCUT2D eigenvalue weighted by molar-refractivity contribution is 0.0600. The van der Waals surface area contributed by atoms with Gasteiger partial charge in [0.05, 0.1) is 29.8 Å². The van der Waals surface area contributed by atoms with E-state index in [1.807, 2.05) is 30.5 Å². The Kier molecular flexibility index (Phi) is 5.12. The van der Waals surface area contributed by atoms with Gasteiger partial charge < -0.3 is 14.3 Å². The van der Waals surface area contributed by atoms with Gasteiger partial charge in [-0.25, -0.2) is 9.59 Å². The topological polar surface area (TPSA) is 98.4 Å². The Morgan fingerprint density at radius 3 is 2.61 bits per heavy atom. The second kappa shape index (κ2) is 7.91. The lowest BCUT2D eigenvalue weighted by Gasteiger charge is -2.11. The number of ether oxygens (including phenoxy) is 1. The number of rotatable bonds is 4. The molecule has 0 fully saturated rings. The number of aromatic nitrogens is 3. The van der Waals surface area contributed by atoms with Crippen molar-refractivity contribution in [1.82, 2.24) is 14.2 Å². The normalized spacial score (nSPS) is 11.3. The standard InChI is InChI=1S/C23H20N4O4/c1-14-11-17(15(2)26(14)18-8-6-7-16(12-18)22(29)31-3)13-24-27-21(28)19-9-4-5-10-20(19)25-23(27)30/h4-13H,1-3H3,(H,25,30). The summed E-state index contributed by atoms with van der Waals surface area (Å²) in [4.78, 5) is 39.5. The van der Waals surface area contributed by atoms with Crippen LogP contribution in [0, 0.1) is 13.8 Å². The van der Waals surface area contributed by atoms with Crippen molar-refractivity contribution in [1.29, 1.82) is 0 Å². The molecular weight excluding hydrogens is 396 g/mol. The van der Waals surface area contributed by atoms with E-state index in [2.05, 4.69) is 10.1 Å². The molecule has 156 valence electrons. The molecule has 4 rings (SSSR count). The molecule has 4 aromatic rings. The highest BCUT2D eigenvalue weighted by molar-refractivity contribution is 5.90. The number of hydrogen-bond donors (Lipinski definition) is 1. The van der Waals surface area contributed by atoms with Crippen molar-refractivity contribution in [3.8, 4) is 5.69 Å². The second-order valence-electron chi connectivity index (χ2n) is 7.04. The molecule has 0 aliphatic heterocycles. The number of aromatic amines is 1. The Labute approximate surface area is 177 Å². The van der Waals surface area contributed by atoms with Gasteiger partial charge in [0.2, 0.25) is 0 Å². The molecule has 0 aliphatic rings. The van der Waals surface area contributed by atoms with E-state index in [0.29, 0.717) is 16.5 Å². The van der Waals surface area contributed by atoms with Gasteiger partial charge in [0.25, 0.3) is 5.56 Å². The predicted octanol–water partition coefficient (Wildman–Crippen LogP) is 2.77. The molecule has 2 heterocycles. The number of hydrogen-bond acceptors (Lipinski definition) is 5. The highest BCUT2D eigenvalue weighted by Crippen LogP contribution is 2.21. The summed E-state index contributed by atoms with van der Waals surface area (Å²) >= 11 is 0. The van der Waals surface area contributed by atoms with Gasteiger partial charge in [0.1, 0.15) is 0 Å². The molecule has 0 bridgehead atoms. The minimum Gasteiger partial charge on any atom is -0.465 e. The summed E-state index contributed by atoms with van der Waals surface area (Å²) in [5.74, 6) is -0.416. The molecule has 0 spiro atoms. The third kappa shape index (κ3) is 3.59. The highest BCUT2D eigenvalue weighted by atomic mass is 16.5. The molecule has 2 aromatic carbocycles. The zero-order chi connectivity index (χ0) is 22.1.